The number of para-hydroxylation sites is 1. The number of amides is 1. The van der Waals surface area contributed by atoms with Crippen molar-refractivity contribution < 1.29 is 9.53 Å². The van der Waals surface area contributed by atoms with Gasteiger partial charge in [-0.15, -0.1) is 0 Å². The molecule has 1 spiro atoms. The minimum Gasteiger partial charge on any atom is -0.485 e. The molecule has 0 N–H and O–H groups in total. The number of hydrogen-bond donors (Lipinski definition) is 0. The fourth-order valence-corrected chi connectivity index (χ4v) is 4.82. The lowest BCUT2D eigenvalue weighted by atomic mass is 9.81. The predicted molar refractivity (Wildman–Crippen MR) is 121 cm³/mol. The monoisotopic (exact) mass is 422 g/mol. The Morgan fingerprint density at radius 2 is 1.90 bits per heavy atom. The first-order valence-corrected chi connectivity index (χ1v) is 11.4. The van der Waals surface area contributed by atoms with Crippen LogP contribution in [0, 0.1) is 0 Å². The Bertz CT molecular complexity index is 904. The zero-order valence-corrected chi connectivity index (χ0v) is 19.2. The largest absolute Gasteiger partial charge is 0.485 e. The Labute approximate surface area is 185 Å². The summed E-state index contributed by atoms with van der Waals surface area (Å²) >= 11 is 0. The van der Waals surface area contributed by atoms with Crippen molar-refractivity contribution in [2.24, 2.45) is 0 Å². The summed E-state index contributed by atoms with van der Waals surface area (Å²) in [4.78, 5) is 25.7. The standard InChI is InChI=1S/C25H34N4O2/c1-18(2)24-26-13-20(14-27-24)15-28(4)22-9-11-25(12-10-22)17-29(19(3)30)16-21-7-5-6-8-23(21)31-25/h5-8,13-14,18,22H,9-12,15-17H2,1-4H3. The molecule has 6 heteroatoms. The third-order valence-electron chi connectivity index (χ3n) is 6.75. The zero-order valence-electron chi connectivity index (χ0n) is 19.2. The van der Waals surface area contributed by atoms with Crippen LogP contribution in [0.4, 0.5) is 0 Å². The van der Waals surface area contributed by atoms with Crippen LogP contribution in [0.1, 0.15) is 69.3 Å². The Balaban J connectivity index is 1.42. The zero-order chi connectivity index (χ0) is 22.0. The van der Waals surface area contributed by atoms with E-state index in [4.69, 9.17) is 4.74 Å². The van der Waals surface area contributed by atoms with Crippen molar-refractivity contribution in [3.05, 3.63) is 53.6 Å². The molecule has 0 saturated heterocycles. The van der Waals surface area contributed by atoms with Crippen molar-refractivity contribution in [1.82, 2.24) is 19.8 Å². The number of carbonyl (C=O) groups excluding carboxylic acids is 1. The summed E-state index contributed by atoms with van der Waals surface area (Å²) < 4.78 is 6.62. The summed E-state index contributed by atoms with van der Waals surface area (Å²) in [6.45, 7) is 8.02. The van der Waals surface area contributed by atoms with E-state index in [1.807, 2.05) is 35.5 Å². The SMILES string of the molecule is CC(=O)N1Cc2ccccc2OC2(CCC(N(C)Cc3cnc(C(C)C)nc3)CC2)C1. The fourth-order valence-electron chi connectivity index (χ4n) is 4.82. The quantitative estimate of drug-likeness (QED) is 0.741. The molecule has 1 aromatic heterocycles. The average molecular weight is 423 g/mol. The molecule has 2 aromatic rings. The molecule has 1 saturated carbocycles. The average Bonchev–Trinajstić information content (AvgIpc) is 2.91. The van der Waals surface area contributed by atoms with E-state index in [1.165, 1.54) is 0 Å². The predicted octanol–water partition coefficient (Wildman–Crippen LogP) is 4.15. The maximum absolute atomic E-state index is 12.3. The Hall–Kier alpha value is -2.47. The van der Waals surface area contributed by atoms with Gasteiger partial charge in [-0.2, -0.15) is 0 Å². The summed E-state index contributed by atoms with van der Waals surface area (Å²) in [5.41, 5.74) is 1.95. The number of rotatable bonds is 4. The van der Waals surface area contributed by atoms with Gasteiger partial charge in [0.25, 0.3) is 0 Å². The molecule has 1 aliphatic carbocycles. The van der Waals surface area contributed by atoms with Crippen LogP contribution in [0.3, 0.4) is 0 Å². The van der Waals surface area contributed by atoms with E-state index < -0.39 is 0 Å². The molecule has 1 aliphatic heterocycles. The summed E-state index contributed by atoms with van der Waals surface area (Å²) in [6, 6.07) is 8.63. The smallest absolute Gasteiger partial charge is 0.219 e. The second-order valence-electron chi connectivity index (χ2n) is 9.52. The lowest BCUT2D eigenvalue weighted by Crippen LogP contribution is -2.51. The molecule has 0 atom stereocenters. The number of ether oxygens (including phenoxy) is 1. The van der Waals surface area contributed by atoms with Gasteiger partial charge in [-0.25, -0.2) is 9.97 Å². The second-order valence-corrected chi connectivity index (χ2v) is 9.52. The number of carbonyl (C=O) groups is 1. The maximum atomic E-state index is 12.3. The normalized spacial score (nSPS) is 23.5. The molecular weight excluding hydrogens is 388 g/mol. The van der Waals surface area contributed by atoms with Crippen molar-refractivity contribution in [2.75, 3.05) is 13.6 Å². The summed E-state index contributed by atoms with van der Waals surface area (Å²) in [5.74, 6) is 2.29. The lowest BCUT2D eigenvalue weighted by Gasteiger charge is -2.43. The topological polar surface area (TPSA) is 58.6 Å². The van der Waals surface area contributed by atoms with Crippen LogP contribution >= 0.6 is 0 Å². The molecule has 166 valence electrons. The molecule has 1 fully saturated rings. The summed E-state index contributed by atoms with van der Waals surface area (Å²) in [5, 5.41) is 0. The Morgan fingerprint density at radius 1 is 1.23 bits per heavy atom. The van der Waals surface area contributed by atoms with E-state index in [1.54, 1.807) is 6.92 Å². The van der Waals surface area contributed by atoms with Crippen molar-refractivity contribution >= 4 is 5.91 Å². The van der Waals surface area contributed by atoms with Crippen LogP contribution < -0.4 is 4.74 Å². The van der Waals surface area contributed by atoms with Crippen LogP contribution in [0.25, 0.3) is 0 Å². The van der Waals surface area contributed by atoms with Crippen LogP contribution in [-0.2, 0) is 17.9 Å². The van der Waals surface area contributed by atoms with E-state index in [0.29, 0.717) is 25.0 Å². The second kappa shape index (κ2) is 8.95. The van der Waals surface area contributed by atoms with Gasteiger partial charge in [0, 0.05) is 55.5 Å². The van der Waals surface area contributed by atoms with E-state index in [0.717, 1.165) is 54.9 Å². The summed E-state index contributed by atoms with van der Waals surface area (Å²) in [7, 11) is 2.18. The number of fused-ring (bicyclic) bond motifs is 1. The van der Waals surface area contributed by atoms with Gasteiger partial charge in [-0.3, -0.25) is 9.69 Å². The Kier molecular flexibility index (Phi) is 6.28. The van der Waals surface area contributed by atoms with Gasteiger partial charge in [0.1, 0.15) is 17.2 Å². The van der Waals surface area contributed by atoms with Crippen LogP contribution in [0.15, 0.2) is 36.7 Å². The number of benzene rings is 1. The first-order chi connectivity index (χ1) is 14.8. The molecular formula is C25H34N4O2. The van der Waals surface area contributed by atoms with Crippen molar-refractivity contribution in [3.63, 3.8) is 0 Å². The molecule has 1 aromatic carbocycles. The van der Waals surface area contributed by atoms with E-state index in [9.17, 15) is 4.79 Å². The number of aromatic nitrogens is 2. The number of nitrogens with zero attached hydrogens (tertiary/aromatic N) is 4. The highest BCUT2D eigenvalue weighted by molar-refractivity contribution is 5.73. The van der Waals surface area contributed by atoms with E-state index in [-0.39, 0.29) is 11.5 Å². The lowest BCUT2D eigenvalue weighted by molar-refractivity contribution is -0.132. The Morgan fingerprint density at radius 3 is 2.55 bits per heavy atom. The first-order valence-electron chi connectivity index (χ1n) is 11.4. The van der Waals surface area contributed by atoms with E-state index in [2.05, 4.69) is 41.8 Å². The van der Waals surface area contributed by atoms with Gasteiger partial charge in [-0.05, 0) is 38.8 Å². The highest BCUT2D eigenvalue weighted by Gasteiger charge is 2.42. The molecule has 2 heterocycles. The molecule has 31 heavy (non-hydrogen) atoms. The molecule has 0 radical (unpaired) electrons. The van der Waals surface area contributed by atoms with Crippen molar-refractivity contribution in [2.45, 2.75) is 77.1 Å². The van der Waals surface area contributed by atoms with Gasteiger partial charge < -0.3 is 9.64 Å². The molecule has 1 amide bonds. The minimum atomic E-state index is -0.294. The third kappa shape index (κ3) is 4.90. The van der Waals surface area contributed by atoms with Gasteiger partial charge in [-0.1, -0.05) is 32.0 Å². The van der Waals surface area contributed by atoms with E-state index >= 15 is 0 Å². The molecule has 6 nitrogen and oxygen atoms in total. The molecule has 4 rings (SSSR count). The number of hydrogen-bond acceptors (Lipinski definition) is 5. The van der Waals surface area contributed by atoms with Gasteiger partial charge in [0.15, 0.2) is 0 Å². The first kappa shape index (κ1) is 21.8. The highest BCUT2D eigenvalue weighted by Crippen LogP contribution is 2.39. The van der Waals surface area contributed by atoms with Gasteiger partial charge in [0.05, 0.1) is 6.54 Å². The maximum Gasteiger partial charge on any atom is 0.219 e. The van der Waals surface area contributed by atoms with Crippen molar-refractivity contribution in [1.29, 1.82) is 0 Å². The fraction of sp³-hybridized carbons (Fsp3) is 0.560. The van der Waals surface area contributed by atoms with Crippen LogP contribution in [0.2, 0.25) is 0 Å². The minimum absolute atomic E-state index is 0.115. The third-order valence-corrected chi connectivity index (χ3v) is 6.75. The highest BCUT2D eigenvalue weighted by atomic mass is 16.5. The van der Waals surface area contributed by atoms with Crippen LogP contribution in [-0.4, -0.2) is 50.9 Å². The summed E-state index contributed by atoms with van der Waals surface area (Å²) in [6.07, 6.45) is 7.91. The molecule has 2 aliphatic rings. The molecule has 0 bridgehead atoms. The van der Waals surface area contributed by atoms with Crippen LogP contribution in [0.5, 0.6) is 5.75 Å². The van der Waals surface area contributed by atoms with Crippen molar-refractivity contribution in [3.8, 4) is 5.75 Å². The van der Waals surface area contributed by atoms with Gasteiger partial charge in [0.2, 0.25) is 5.91 Å². The van der Waals surface area contributed by atoms with Gasteiger partial charge >= 0.3 is 0 Å². The molecule has 0 unspecified atom stereocenters.